The van der Waals surface area contributed by atoms with Crippen molar-refractivity contribution in [2.45, 2.75) is 25.3 Å². The third-order valence-corrected chi connectivity index (χ3v) is 5.16. The fraction of sp³-hybridized carbons (Fsp3) is 0.381. The molecular weight excluding hydrogens is 296 g/mol. The van der Waals surface area contributed by atoms with E-state index < -0.39 is 0 Å². The summed E-state index contributed by atoms with van der Waals surface area (Å²) in [6, 6.07) is 19.1. The molecule has 1 saturated carbocycles. The van der Waals surface area contributed by atoms with E-state index >= 15 is 0 Å². The first-order valence-electron chi connectivity index (χ1n) is 8.92. The lowest BCUT2D eigenvalue weighted by Crippen LogP contribution is -2.43. The highest BCUT2D eigenvalue weighted by atomic mass is 16.2. The van der Waals surface area contributed by atoms with Crippen LogP contribution in [0.1, 0.15) is 35.4 Å². The zero-order valence-electron chi connectivity index (χ0n) is 13.9. The molecule has 0 saturated heterocycles. The largest absolute Gasteiger partial charge is 0.336 e. The first kappa shape index (κ1) is 15.4. The highest BCUT2D eigenvalue weighted by Gasteiger charge is 2.29. The molecule has 1 atom stereocenters. The maximum Gasteiger partial charge on any atom is 0.236 e. The summed E-state index contributed by atoms with van der Waals surface area (Å²) in [6.07, 6.45) is 2.63. The highest BCUT2D eigenvalue weighted by molar-refractivity contribution is 5.78. The molecule has 2 aromatic rings. The number of amides is 1. The van der Waals surface area contributed by atoms with Crippen LogP contribution in [0.5, 0.6) is 0 Å². The average molecular weight is 320 g/mol. The number of nitrogens with zero attached hydrogens (tertiary/aromatic N) is 1. The van der Waals surface area contributed by atoms with Crippen LogP contribution in [0, 0.1) is 5.92 Å². The van der Waals surface area contributed by atoms with Gasteiger partial charge in [0.15, 0.2) is 0 Å². The Kier molecular flexibility index (Phi) is 4.35. The lowest BCUT2D eigenvalue weighted by molar-refractivity contribution is -0.131. The molecule has 1 N–H and O–H groups in total. The quantitative estimate of drug-likeness (QED) is 0.918. The fourth-order valence-corrected chi connectivity index (χ4v) is 3.58. The van der Waals surface area contributed by atoms with E-state index in [4.69, 9.17) is 0 Å². The summed E-state index contributed by atoms with van der Waals surface area (Å²) < 4.78 is 0. The predicted molar refractivity (Wildman–Crippen MR) is 95.7 cm³/mol. The summed E-state index contributed by atoms with van der Waals surface area (Å²) in [5, 5.41) is 3.33. The van der Waals surface area contributed by atoms with Gasteiger partial charge in [0.25, 0.3) is 0 Å². The minimum absolute atomic E-state index is 0.214. The lowest BCUT2D eigenvalue weighted by atomic mass is 9.84. The Morgan fingerprint density at radius 1 is 1.04 bits per heavy atom. The van der Waals surface area contributed by atoms with Crippen molar-refractivity contribution < 1.29 is 4.79 Å². The van der Waals surface area contributed by atoms with Gasteiger partial charge in [-0.1, -0.05) is 54.6 Å². The van der Waals surface area contributed by atoms with Gasteiger partial charge in [-0.25, -0.2) is 0 Å². The second-order valence-corrected chi connectivity index (χ2v) is 7.01. The zero-order chi connectivity index (χ0) is 16.4. The minimum Gasteiger partial charge on any atom is -0.336 e. The first-order valence-corrected chi connectivity index (χ1v) is 8.92. The van der Waals surface area contributed by atoms with Crippen molar-refractivity contribution in [3.63, 3.8) is 0 Å². The van der Waals surface area contributed by atoms with E-state index in [1.807, 2.05) is 11.0 Å². The Labute approximate surface area is 143 Å². The van der Waals surface area contributed by atoms with Crippen molar-refractivity contribution in [1.29, 1.82) is 0 Å². The molecule has 0 aromatic heterocycles. The smallest absolute Gasteiger partial charge is 0.236 e. The number of carbonyl (C=O) groups excluding carboxylic acids is 1. The number of rotatable bonds is 5. The van der Waals surface area contributed by atoms with Crippen LogP contribution in [0.4, 0.5) is 0 Å². The molecule has 0 radical (unpaired) electrons. The third kappa shape index (κ3) is 3.36. The Hall–Kier alpha value is -2.13. The van der Waals surface area contributed by atoms with E-state index in [1.165, 1.54) is 29.5 Å². The van der Waals surface area contributed by atoms with Crippen LogP contribution in [0.25, 0.3) is 0 Å². The molecule has 24 heavy (non-hydrogen) atoms. The Morgan fingerprint density at radius 3 is 2.58 bits per heavy atom. The van der Waals surface area contributed by atoms with E-state index in [0.717, 1.165) is 25.6 Å². The molecule has 2 aromatic carbocycles. The first-order chi connectivity index (χ1) is 11.8. The van der Waals surface area contributed by atoms with Crippen LogP contribution in [-0.2, 0) is 11.3 Å². The normalized spacial score (nSPS) is 19.8. The molecule has 3 heteroatoms. The summed E-state index contributed by atoms with van der Waals surface area (Å²) in [6.45, 7) is 2.94. The van der Waals surface area contributed by atoms with E-state index in [2.05, 4.69) is 53.8 Å². The Morgan fingerprint density at radius 2 is 1.79 bits per heavy atom. The van der Waals surface area contributed by atoms with Crippen LogP contribution in [-0.4, -0.2) is 30.4 Å². The lowest BCUT2D eigenvalue weighted by Gasteiger charge is -2.35. The van der Waals surface area contributed by atoms with Crippen LogP contribution in [0.2, 0.25) is 0 Å². The van der Waals surface area contributed by atoms with Gasteiger partial charge in [0.2, 0.25) is 5.91 Å². The fourth-order valence-electron chi connectivity index (χ4n) is 3.58. The number of hydrogen-bond acceptors (Lipinski definition) is 2. The molecule has 1 unspecified atom stereocenters. The third-order valence-electron chi connectivity index (χ3n) is 5.16. The maximum absolute atomic E-state index is 12.7. The monoisotopic (exact) mass is 320 g/mol. The van der Waals surface area contributed by atoms with Crippen LogP contribution in [0.15, 0.2) is 54.6 Å². The number of nitrogens with one attached hydrogen (secondary N) is 1. The van der Waals surface area contributed by atoms with Gasteiger partial charge in [-0.05, 0) is 42.0 Å². The molecule has 2 aliphatic rings. The molecule has 4 rings (SSSR count). The number of benzene rings is 2. The SMILES string of the molecule is O=C(CNCC1CC1)N1Cc2ccccc2C(c2ccccc2)C1. The van der Waals surface area contributed by atoms with Crippen LogP contribution < -0.4 is 5.32 Å². The molecule has 0 spiro atoms. The van der Waals surface area contributed by atoms with Gasteiger partial charge in [-0.3, -0.25) is 4.79 Å². The minimum atomic E-state index is 0.214. The molecular formula is C21H24N2O. The molecule has 1 aliphatic carbocycles. The molecule has 3 nitrogen and oxygen atoms in total. The Bertz CT molecular complexity index is 709. The van der Waals surface area contributed by atoms with Crippen molar-refractivity contribution in [2.75, 3.05) is 19.6 Å². The molecule has 1 aliphatic heterocycles. The predicted octanol–water partition coefficient (Wildman–Crippen LogP) is 3.16. The van der Waals surface area contributed by atoms with E-state index in [0.29, 0.717) is 6.54 Å². The van der Waals surface area contributed by atoms with Crippen molar-refractivity contribution in [3.8, 4) is 0 Å². The molecule has 0 bridgehead atoms. The van der Waals surface area contributed by atoms with Crippen molar-refractivity contribution >= 4 is 5.91 Å². The van der Waals surface area contributed by atoms with Gasteiger partial charge in [-0.2, -0.15) is 0 Å². The van der Waals surface area contributed by atoms with Gasteiger partial charge in [-0.15, -0.1) is 0 Å². The highest BCUT2D eigenvalue weighted by Crippen LogP contribution is 2.33. The van der Waals surface area contributed by atoms with Crippen molar-refractivity contribution in [3.05, 3.63) is 71.3 Å². The molecule has 124 valence electrons. The Balaban J connectivity index is 1.52. The van der Waals surface area contributed by atoms with Gasteiger partial charge in [0.05, 0.1) is 6.54 Å². The van der Waals surface area contributed by atoms with E-state index in [1.54, 1.807) is 0 Å². The van der Waals surface area contributed by atoms with Crippen molar-refractivity contribution in [1.82, 2.24) is 10.2 Å². The van der Waals surface area contributed by atoms with E-state index in [9.17, 15) is 4.79 Å². The summed E-state index contributed by atoms with van der Waals surface area (Å²) in [4.78, 5) is 14.7. The maximum atomic E-state index is 12.7. The van der Waals surface area contributed by atoms with Crippen LogP contribution in [0.3, 0.4) is 0 Å². The zero-order valence-corrected chi connectivity index (χ0v) is 13.9. The molecule has 1 amide bonds. The van der Waals surface area contributed by atoms with Gasteiger partial charge < -0.3 is 10.2 Å². The number of hydrogen-bond donors (Lipinski definition) is 1. The standard InChI is InChI=1S/C21H24N2O/c24-21(13-22-12-16-10-11-16)23-14-18-8-4-5-9-19(18)20(15-23)17-6-2-1-3-7-17/h1-9,16,20,22H,10-15H2. The summed E-state index contributed by atoms with van der Waals surface area (Å²) in [5.74, 6) is 1.28. The summed E-state index contributed by atoms with van der Waals surface area (Å²) >= 11 is 0. The number of fused-ring (bicyclic) bond motifs is 1. The summed E-state index contributed by atoms with van der Waals surface area (Å²) in [7, 11) is 0. The number of carbonyl (C=O) groups is 1. The second kappa shape index (κ2) is 6.78. The van der Waals surface area contributed by atoms with Gasteiger partial charge in [0, 0.05) is 19.0 Å². The van der Waals surface area contributed by atoms with Gasteiger partial charge >= 0.3 is 0 Å². The van der Waals surface area contributed by atoms with Crippen LogP contribution >= 0.6 is 0 Å². The van der Waals surface area contributed by atoms with Crippen molar-refractivity contribution in [2.24, 2.45) is 5.92 Å². The topological polar surface area (TPSA) is 32.3 Å². The second-order valence-electron chi connectivity index (χ2n) is 7.01. The average Bonchev–Trinajstić information content (AvgIpc) is 3.46. The molecule has 1 fully saturated rings. The molecule has 1 heterocycles. The van der Waals surface area contributed by atoms with E-state index in [-0.39, 0.29) is 11.8 Å². The summed E-state index contributed by atoms with van der Waals surface area (Å²) in [5.41, 5.74) is 3.92. The van der Waals surface area contributed by atoms with Gasteiger partial charge in [0.1, 0.15) is 0 Å².